The van der Waals surface area contributed by atoms with Crippen LogP contribution >= 0.6 is 23.2 Å². The van der Waals surface area contributed by atoms with Crippen LogP contribution in [0.3, 0.4) is 0 Å². The number of ether oxygens (including phenoxy) is 1. The number of fused-ring (bicyclic) bond motifs is 1. The topological polar surface area (TPSA) is 87.0 Å². The Labute approximate surface area is 178 Å². The maximum atomic E-state index is 6.41. The quantitative estimate of drug-likeness (QED) is 0.462. The Morgan fingerprint density at radius 1 is 0.931 bits per heavy atom. The summed E-state index contributed by atoms with van der Waals surface area (Å²) in [6, 6.07) is 17.1. The maximum absolute atomic E-state index is 6.41. The van der Waals surface area contributed by atoms with E-state index in [1.54, 1.807) is 19.2 Å². The molecule has 3 aromatic carbocycles. The summed E-state index contributed by atoms with van der Waals surface area (Å²) >= 11 is 12.5. The van der Waals surface area contributed by atoms with Crippen LogP contribution in [0.5, 0.6) is 5.75 Å². The first-order valence-electron chi connectivity index (χ1n) is 8.90. The number of rotatable bonds is 4. The molecule has 29 heavy (non-hydrogen) atoms. The number of nitrogen functional groups attached to an aromatic ring is 1. The Morgan fingerprint density at radius 3 is 2.41 bits per heavy atom. The summed E-state index contributed by atoms with van der Waals surface area (Å²) in [4.78, 5) is 9.23. The summed E-state index contributed by atoms with van der Waals surface area (Å²) in [6.07, 6.45) is 0. The Balaban J connectivity index is 1.88. The van der Waals surface area contributed by atoms with Gasteiger partial charge >= 0.3 is 0 Å². The number of halogens is 2. The summed E-state index contributed by atoms with van der Waals surface area (Å²) in [5.74, 6) is 1.63. The second kappa shape index (κ2) is 7.87. The minimum absolute atomic E-state index is 0.192. The zero-order chi connectivity index (χ0) is 20.5. The third kappa shape index (κ3) is 3.72. The molecule has 0 atom stereocenters. The molecule has 1 aromatic heterocycles. The highest BCUT2D eigenvalue weighted by Crippen LogP contribution is 2.35. The highest BCUT2D eigenvalue weighted by atomic mass is 35.5. The molecule has 4 aromatic rings. The fraction of sp³-hybridized carbons (Fsp3) is 0.0909. The third-order valence-electron chi connectivity index (χ3n) is 4.74. The first kappa shape index (κ1) is 19.5. The van der Waals surface area contributed by atoms with Gasteiger partial charge < -0.3 is 16.2 Å². The van der Waals surface area contributed by atoms with E-state index in [1.807, 2.05) is 42.5 Å². The molecule has 0 saturated carbocycles. The highest BCUT2D eigenvalue weighted by molar-refractivity contribution is 6.36. The Bertz CT molecular complexity index is 1230. The predicted molar refractivity (Wildman–Crippen MR) is 119 cm³/mol. The fourth-order valence-corrected chi connectivity index (χ4v) is 3.72. The Morgan fingerprint density at radius 2 is 1.69 bits per heavy atom. The van der Waals surface area contributed by atoms with Gasteiger partial charge in [0, 0.05) is 28.3 Å². The molecular formula is C22H18Cl2N4O. The molecule has 0 saturated heterocycles. The smallest absolute Gasteiger partial charge is 0.162 e. The summed E-state index contributed by atoms with van der Waals surface area (Å²) < 4.78 is 5.29. The second-order valence-electron chi connectivity index (χ2n) is 6.52. The molecular weight excluding hydrogens is 407 g/mol. The van der Waals surface area contributed by atoms with Crippen LogP contribution in [0.2, 0.25) is 10.0 Å². The second-order valence-corrected chi connectivity index (χ2v) is 7.36. The van der Waals surface area contributed by atoms with Crippen LogP contribution in [0.25, 0.3) is 33.4 Å². The van der Waals surface area contributed by atoms with Crippen molar-refractivity contribution in [2.24, 2.45) is 5.73 Å². The minimum atomic E-state index is 0.192. The normalized spacial score (nSPS) is 11.0. The number of methoxy groups -OCH3 is 1. The van der Waals surface area contributed by atoms with Gasteiger partial charge in [-0.3, -0.25) is 0 Å². The maximum Gasteiger partial charge on any atom is 0.162 e. The molecule has 5 nitrogen and oxygen atoms in total. The van der Waals surface area contributed by atoms with Crippen molar-refractivity contribution in [2.45, 2.75) is 6.54 Å². The number of nitrogens with zero attached hydrogens (tertiary/aromatic N) is 2. The van der Waals surface area contributed by atoms with Gasteiger partial charge in [0.15, 0.2) is 5.82 Å². The molecule has 0 fully saturated rings. The lowest BCUT2D eigenvalue weighted by Crippen LogP contribution is -2.09. The van der Waals surface area contributed by atoms with Gasteiger partial charge in [0.25, 0.3) is 0 Å². The highest BCUT2D eigenvalue weighted by Gasteiger charge is 2.17. The van der Waals surface area contributed by atoms with E-state index in [1.165, 1.54) is 0 Å². The molecule has 4 N–H and O–H groups in total. The zero-order valence-corrected chi connectivity index (χ0v) is 17.1. The summed E-state index contributed by atoms with van der Waals surface area (Å²) in [6.45, 7) is 0.192. The lowest BCUT2D eigenvalue weighted by atomic mass is 10.0. The van der Waals surface area contributed by atoms with Crippen LogP contribution in [0.1, 0.15) is 5.56 Å². The largest absolute Gasteiger partial charge is 0.497 e. The van der Waals surface area contributed by atoms with Gasteiger partial charge in [0.1, 0.15) is 11.6 Å². The van der Waals surface area contributed by atoms with E-state index in [2.05, 4.69) is 4.98 Å². The van der Waals surface area contributed by atoms with Gasteiger partial charge in [-0.25, -0.2) is 9.97 Å². The van der Waals surface area contributed by atoms with Crippen molar-refractivity contribution in [2.75, 3.05) is 12.8 Å². The summed E-state index contributed by atoms with van der Waals surface area (Å²) in [5, 5.41) is 3.11. The molecule has 0 radical (unpaired) electrons. The molecule has 1 heterocycles. The summed E-state index contributed by atoms with van der Waals surface area (Å²) in [5.41, 5.74) is 14.9. The molecule has 0 aliphatic carbocycles. The number of hydrogen-bond donors (Lipinski definition) is 2. The number of hydrogen-bond acceptors (Lipinski definition) is 5. The molecule has 0 bridgehead atoms. The lowest BCUT2D eigenvalue weighted by molar-refractivity contribution is 0.415. The molecule has 0 unspecified atom stereocenters. The number of benzene rings is 3. The molecule has 7 heteroatoms. The average molecular weight is 425 g/mol. The van der Waals surface area contributed by atoms with E-state index in [-0.39, 0.29) is 6.54 Å². The van der Waals surface area contributed by atoms with Crippen LogP contribution in [-0.2, 0) is 6.54 Å². The summed E-state index contributed by atoms with van der Waals surface area (Å²) in [7, 11) is 1.65. The monoisotopic (exact) mass is 424 g/mol. The van der Waals surface area contributed by atoms with E-state index in [0.29, 0.717) is 38.5 Å². The lowest BCUT2D eigenvalue weighted by Gasteiger charge is -2.14. The number of anilines is 1. The fourth-order valence-electron chi connectivity index (χ4n) is 3.23. The van der Waals surface area contributed by atoms with Crippen molar-refractivity contribution in [3.8, 4) is 28.4 Å². The molecule has 0 spiro atoms. The van der Waals surface area contributed by atoms with Crippen molar-refractivity contribution < 1.29 is 4.74 Å². The SMILES string of the molecule is COc1ccc2cc(-c3nc(N)c(CN)c(-c4ccc(Cl)cc4Cl)n3)ccc2c1. The van der Waals surface area contributed by atoms with E-state index in [0.717, 1.165) is 22.1 Å². The van der Waals surface area contributed by atoms with E-state index >= 15 is 0 Å². The molecule has 0 aliphatic heterocycles. The third-order valence-corrected chi connectivity index (χ3v) is 5.28. The molecule has 146 valence electrons. The van der Waals surface area contributed by atoms with Gasteiger partial charge in [-0.15, -0.1) is 0 Å². The predicted octanol–water partition coefficient (Wildman–Crippen LogP) is 5.32. The van der Waals surface area contributed by atoms with Crippen LogP contribution in [0.15, 0.2) is 54.6 Å². The van der Waals surface area contributed by atoms with Crippen LogP contribution in [-0.4, -0.2) is 17.1 Å². The first-order chi connectivity index (χ1) is 14.0. The number of aromatic nitrogens is 2. The van der Waals surface area contributed by atoms with E-state index < -0.39 is 0 Å². The number of nitrogens with two attached hydrogens (primary N) is 2. The molecule has 0 aliphatic rings. The molecule has 4 rings (SSSR count). The van der Waals surface area contributed by atoms with Gasteiger partial charge in [-0.05, 0) is 47.2 Å². The van der Waals surface area contributed by atoms with Crippen molar-refractivity contribution >= 4 is 39.8 Å². The van der Waals surface area contributed by atoms with Gasteiger partial charge in [-0.1, -0.05) is 41.4 Å². The van der Waals surface area contributed by atoms with Crippen molar-refractivity contribution in [1.82, 2.24) is 9.97 Å². The minimum Gasteiger partial charge on any atom is -0.497 e. The van der Waals surface area contributed by atoms with Crippen molar-refractivity contribution in [3.63, 3.8) is 0 Å². The standard InChI is InChI=1S/C22H18Cl2N4O/c1-29-16-6-4-12-8-14(3-2-13(12)9-16)22-27-20(18(11-25)21(26)28-22)17-7-5-15(23)10-19(17)24/h2-10H,11,25H2,1H3,(H2,26,27,28). The Kier molecular flexibility index (Phi) is 5.28. The first-order valence-corrected chi connectivity index (χ1v) is 9.66. The van der Waals surface area contributed by atoms with E-state index in [9.17, 15) is 0 Å². The van der Waals surface area contributed by atoms with Crippen LogP contribution in [0, 0.1) is 0 Å². The van der Waals surface area contributed by atoms with Crippen LogP contribution in [0.4, 0.5) is 5.82 Å². The van der Waals surface area contributed by atoms with E-state index in [4.69, 9.17) is 44.4 Å². The van der Waals surface area contributed by atoms with Gasteiger partial charge in [0.2, 0.25) is 0 Å². The van der Waals surface area contributed by atoms with Crippen LogP contribution < -0.4 is 16.2 Å². The van der Waals surface area contributed by atoms with Gasteiger partial charge in [-0.2, -0.15) is 0 Å². The van der Waals surface area contributed by atoms with Gasteiger partial charge in [0.05, 0.1) is 17.8 Å². The molecule has 0 amide bonds. The zero-order valence-electron chi connectivity index (χ0n) is 15.6. The Hall–Kier alpha value is -2.86. The average Bonchev–Trinajstić information content (AvgIpc) is 2.72. The van der Waals surface area contributed by atoms with Crippen molar-refractivity contribution in [1.29, 1.82) is 0 Å². The van der Waals surface area contributed by atoms with Crippen molar-refractivity contribution in [3.05, 3.63) is 70.2 Å².